The molecule has 1 atom stereocenters. The minimum absolute atomic E-state index is 0.335. The Morgan fingerprint density at radius 1 is 1.39 bits per heavy atom. The van der Waals surface area contributed by atoms with Gasteiger partial charge in [-0.25, -0.2) is 4.98 Å². The first-order chi connectivity index (χ1) is 8.60. The molecule has 0 amide bonds. The third-order valence-electron chi connectivity index (χ3n) is 3.00. The van der Waals surface area contributed by atoms with Gasteiger partial charge in [0.2, 0.25) is 0 Å². The number of anilines is 1. The molecule has 18 heavy (non-hydrogen) atoms. The molecular formula is C14H20N2OS. The molecule has 0 saturated heterocycles. The minimum Gasteiger partial charge on any atom is -0.383 e. The Morgan fingerprint density at radius 3 is 2.83 bits per heavy atom. The Hall–Kier alpha value is -1.13. The van der Waals surface area contributed by atoms with E-state index in [0.717, 1.165) is 22.8 Å². The molecule has 0 fully saturated rings. The zero-order valence-electron chi connectivity index (χ0n) is 11.4. The molecule has 98 valence electrons. The summed E-state index contributed by atoms with van der Waals surface area (Å²) in [5, 5.41) is 4.65. The molecule has 2 rings (SSSR count). The van der Waals surface area contributed by atoms with Gasteiger partial charge in [-0.05, 0) is 31.0 Å². The van der Waals surface area contributed by atoms with E-state index in [9.17, 15) is 0 Å². The molecule has 1 unspecified atom stereocenters. The van der Waals surface area contributed by atoms with Crippen LogP contribution in [-0.4, -0.2) is 24.7 Å². The zero-order chi connectivity index (χ0) is 13.1. The lowest BCUT2D eigenvalue weighted by molar-refractivity contribution is 0.171. The van der Waals surface area contributed by atoms with E-state index in [2.05, 4.69) is 42.3 Å². The maximum atomic E-state index is 5.26. The number of nitrogens with one attached hydrogen (secondary N) is 1. The second-order valence-corrected chi connectivity index (χ2v) is 6.10. The number of fused-ring (bicyclic) bond motifs is 1. The molecule has 0 aliphatic rings. The van der Waals surface area contributed by atoms with Gasteiger partial charge >= 0.3 is 0 Å². The number of thiazole rings is 1. The maximum absolute atomic E-state index is 5.26. The first kappa shape index (κ1) is 13.3. The fourth-order valence-electron chi connectivity index (χ4n) is 1.92. The van der Waals surface area contributed by atoms with Crippen molar-refractivity contribution in [1.82, 2.24) is 4.98 Å². The number of hydrogen-bond donors (Lipinski definition) is 1. The van der Waals surface area contributed by atoms with Crippen LogP contribution in [0.15, 0.2) is 18.2 Å². The van der Waals surface area contributed by atoms with Crippen molar-refractivity contribution in [3.05, 3.63) is 23.2 Å². The molecule has 0 spiro atoms. The fraction of sp³-hybridized carbons (Fsp3) is 0.500. The third kappa shape index (κ3) is 3.00. The number of hydrogen-bond acceptors (Lipinski definition) is 4. The second-order valence-electron chi connectivity index (χ2n) is 4.87. The van der Waals surface area contributed by atoms with Crippen molar-refractivity contribution in [3.8, 4) is 0 Å². The van der Waals surface area contributed by atoms with Crippen molar-refractivity contribution in [2.45, 2.75) is 26.8 Å². The summed E-state index contributed by atoms with van der Waals surface area (Å²) in [7, 11) is 1.74. The van der Waals surface area contributed by atoms with Crippen LogP contribution in [0.3, 0.4) is 0 Å². The van der Waals surface area contributed by atoms with Crippen molar-refractivity contribution in [2.75, 3.05) is 19.0 Å². The molecule has 0 aliphatic carbocycles. The first-order valence-electron chi connectivity index (χ1n) is 6.23. The Bertz CT molecular complexity index is 521. The van der Waals surface area contributed by atoms with Crippen molar-refractivity contribution in [2.24, 2.45) is 5.92 Å². The Morgan fingerprint density at radius 2 is 2.17 bits per heavy atom. The molecule has 1 aromatic carbocycles. The Labute approximate surface area is 112 Å². The van der Waals surface area contributed by atoms with Crippen LogP contribution >= 0.6 is 11.3 Å². The molecule has 0 bridgehead atoms. The number of methoxy groups -OCH3 is 1. The number of aromatic nitrogens is 1. The van der Waals surface area contributed by atoms with Gasteiger partial charge in [-0.3, -0.25) is 0 Å². The topological polar surface area (TPSA) is 34.1 Å². The highest BCUT2D eigenvalue weighted by atomic mass is 32.1. The van der Waals surface area contributed by atoms with Gasteiger partial charge in [0, 0.05) is 12.8 Å². The van der Waals surface area contributed by atoms with E-state index in [0.29, 0.717) is 12.0 Å². The highest BCUT2D eigenvalue weighted by Gasteiger charge is 2.13. The van der Waals surface area contributed by atoms with Crippen LogP contribution in [0.2, 0.25) is 0 Å². The molecule has 1 heterocycles. The molecular weight excluding hydrogens is 244 g/mol. The average Bonchev–Trinajstić information content (AvgIpc) is 2.67. The molecule has 0 saturated carbocycles. The first-order valence-corrected chi connectivity index (χ1v) is 7.04. The molecule has 1 N–H and O–H groups in total. The summed E-state index contributed by atoms with van der Waals surface area (Å²) >= 11 is 1.73. The largest absolute Gasteiger partial charge is 0.383 e. The minimum atomic E-state index is 0.335. The monoisotopic (exact) mass is 264 g/mol. The number of nitrogens with zero attached hydrogens (tertiary/aromatic N) is 1. The van der Waals surface area contributed by atoms with Crippen molar-refractivity contribution >= 4 is 27.2 Å². The highest BCUT2D eigenvalue weighted by Crippen LogP contribution is 2.25. The van der Waals surface area contributed by atoms with E-state index in [1.807, 2.05) is 6.92 Å². The van der Waals surface area contributed by atoms with Gasteiger partial charge in [-0.1, -0.05) is 13.8 Å². The molecule has 2 aromatic rings. The SMILES string of the molecule is COCC(Nc1ccc2nc(C)sc2c1)C(C)C. The lowest BCUT2D eigenvalue weighted by atomic mass is 10.1. The summed E-state index contributed by atoms with van der Waals surface area (Å²) in [6.45, 7) is 7.16. The van der Waals surface area contributed by atoms with Crippen LogP contribution in [0, 0.1) is 12.8 Å². The lowest BCUT2D eigenvalue weighted by Gasteiger charge is -2.22. The molecule has 0 aliphatic heterocycles. The summed E-state index contributed by atoms with van der Waals surface area (Å²) in [6, 6.07) is 6.67. The van der Waals surface area contributed by atoms with Crippen LogP contribution in [0.25, 0.3) is 10.2 Å². The molecule has 1 aromatic heterocycles. The summed E-state index contributed by atoms with van der Waals surface area (Å²) < 4.78 is 6.49. The summed E-state index contributed by atoms with van der Waals surface area (Å²) in [5.41, 5.74) is 2.22. The van der Waals surface area contributed by atoms with E-state index in [4.69, 9.17) is 4.74 Å². The Kier molecular flexibility index (Phi) is 4.19. The average molecular weight is 264 g/mol. The predicted octanol–water partition coefficient (Wildman–Crippen LogP) is 3.69. The summed E-state index contributed by atoms with van der Waals surface area (Å²) in [6.07, 6.45) is 0. The van der Waals surface area contributed by atoms with Gasteiger partial charge < -0.3 is 10.1 Å². The van der Waals surface area contributed by atoms with Crippen LogP contribution in [0.1, 0.15) is 18.9 Å². The quantitative estimate of drug-likeness (QED) is 0.894. The van der Waals surface area contributed by atoms with Gasteiger partial charge in [0.15, 0.2) is 0 Å². The Balaban J connectivity index is 2.19. The van der Waals surface area contributed by atoms with E-state index in [1.165, 1.54) is 4.70 Å². The van der Waals surface area contributed by atoms with Gasteiger partial charge in [0.05, 0.1) is 27.9 Å². The van der Waals surface area contributed by atoms with Crippen LogP contribution < -0.4 is 5.32 Å². The van der Waals surface area contributed by atoms with Gasteiger partial charge in [-0.2, -0.15) is 0 Å². The second kappa shape index (κ2) is 5.67. The normalized spacial score (nSPS) is 13.2. The highest BCUT2D eigenvalue weighted by molar-refractivity contribution is 7.18. The molecule has 3 nitrogen and oxygen atoms in total. The molecule has 4 heteroatoms. The van der Waals surface area contributed by atoms with Gasteiger partial charge in [0.25, 0.3) is 0 Å². The van der Waals surface area contributed by atoms with E-state index in [-0.39, 0.29) is 0 Å². The number of rotatable bonds is 5. The third-order valence-corrected chi connectivity index (χ3v) is 3.93. The summed E-state index contributed by atoms with van der Waals surface area (Å²) in [5.74, 6) is 0.531. The number of benzene rings is 1. The molecule has 0 radical (unpaired) electrons. The van der Waals surface area contributed by atoms with Crippen molar-refractivity contribution < 1.29 is 4.74 Å². The van der Waals surface area contributed by atoms with Crippen molar-refractivity contribution in [1.29, 1.82) is 0 Å². The smallest absolute Gasteiger partial charge is 0.0907 e. The maximum Gasteiger partial charge on any atom is 0.0907 e. The van der Waals surface area contributed by atoms with Crippen molar-refractivity contribution in [3.63, 3.8) is 0 Å². The van der Waals surface area contributed by atoms with E-state index >= 15 is 0 Å². The van der Waals surface area contributed by atoms with Crippen LogP contribution in [-0.2, 0) is 4.74 Å². The van der Waals surface area contributed by atoms with Crippen LogP contribution in [0.5, 0.6) is 0 Å². The zero-order valence-corrected chi connectivity index (χ0v) is 12.2. The summed E-state index contributed by atoms with van der Waals surface area (Å²) in [4.78, 5) is 4.47. The van der Waals surface area contributed by atoms with Gasteiger partial charge in [-0.15, -0.1) is 11.3 Å². The van der Waals surface area contributed by atoms with Gasteiger partial charge in [0.1, 0.15) is 0 Å². The predicted molar refractivity (Wildman–Crippen MR) is 78.5 cm³/mol. The standard InChI is InChI=1S/C14H20N2OS/c1-9(2)13(8-17-4)16-11-5-6-12-14(7-11)18-10(3)15-12/h5-7,9,13,16H,8H2,1-4H3. The fourth-order valence-corrected chi connectivity index (χ4v) is 2.79. The van der Waals surface area contributed by atoms with E-state index in [1.54, 1.807) is 18.4 Å². The van der Waals surface area contributed by atoms with E-state index < -0.39 is 0 Å². The lowest BCUT2D eigenvalue weighted by Crippen LogP contribution is -2.30. The number of ether oxygens (including phenoxy) is 1. The number of aryl methyl sites for hydroxylation is 1. The van der Waals surface area contributed by atoms with Crippen LogP contribution in [0.4, 0.5) is 5.69 Å².